The molecule has 0 saturated carbocycles. The zero-order valence-corrected chi connectivity index (χ0v) is 18.1. The van der Waals surface area contributed by atoms with Gasteiger partial charge in [0.1, 0.15) is 11.6 Å². The van der Waals surface area contributed by atoms with Crippen molar-refractivity contribution >= 4 is 64.9 Å². The summed E-state index contributed by atoms with van der Waals surface area (Å²) in [6.07, 6.45) is 4.14. The highest BCUT2D eigenvalue weighted by molar-refractivity contribution is 9.13. The number of hydrogen-bond donors (Lipinski definition) is 0. The molecule has 130 valence electrons. The number of unbranched alkanes of at least 4 members (excludes halogenated alkanes) is 1. The van der Waals surface area contributed by atoms with E-state index < -0.39 is 0 Å². The molecular formula is C17H14Br3N3O2. The lowest BCUT2D eigenvalue weighted by molar-refractivity contribution is 0.531. The number of aromatic nitrogens is 2. The number of aryl methyl sites for hydroxylation is 1. The third-order valence-electron chi connectivity index (χ3n) is 3.59. The molecule has 0 atom stereocenters. The van der Waals surface area contributed by atoms with Crippen LogP contribution in [-0.4, -0.2) is 15.9 Å². The first-order valence-corrected chi connectivity index (χ1v) is 10.1. The van der Waals surface area contributed by atoms with Crippen molar-refractivity contribution in [3.63, 3.8) is 0 Å². The Labute approximate surface area is 169 Å². The third-order valence-corrected chi connectivity index (χ3v) is 5.80. The highest BCUT2D eigenvalue weighted by atomic mass is 79.9. The fourth-order valence-corrected chi connectivity index (χ4v) is 3.32. The second-order valence-corrected chi connectivity index (χ2v) is 7.92. The molecular weight excluding hydrogens is 518 g/mol. The van der Waals surface area contributed by atoms with Crippen LogP contribution >= 0.6 is 47.8 Å². The van der Waals surface area contributed by atoms with E-state index in [1.165, 1.54) is 10.9 Å². The van der Waals surface area contributed by atoms with E-state index in [0.717, 1.165) is 21.8 Å². The number of fused-ring (bicyclic) bond motifs is 1. The maximum Gasteiger partial charge on any atom is 0.282 e. The summed E-state index contributed by atoms with van der Waals surface area (Å²) in [6, 6.07) is 7.25. The van der Waals surface area contributed by atoms with Crippen molar-refractivity contribution in [3.8, 4) is 0 Å². The minimum atomic E-state index is -0.196. The van der Waals surface area contributed by atoms with E-state index in [9.17, 15) is 4.79 Å². The Morgan fingerprint density at radius 3 is 2.76 bits per heavy atom. The Bertz CT molecular complexity index is 989. The molecule has 0 unspecified atom stereocenters. The summed E-state index contributed by atoms with van der Waals surface area (Å²) in [6.45, 7) is 2.10. The van der Waals surface area contributed by atoms with Crippen molar-refractivity contribution < 1.29 is 4.42 Å². The molecule has 0 fully saturated rings. The number of rotatable bonds is 5. The summed E-state index contributed by atoms with van der Waals surface area (Å²) in [4.78, 5) is 17.5. The maximum absolute atomic E-state index is 12.9. The number of nitrogens with zero attached hydrogens (tertiary/aromatic N) is 3. The monoisotopic (exact) mass is 529 g/mol. The van der Waals surface area contributed by atoms with Gasteiger partial charge in [0.25, 0.3) is 5.56 Å². The van der Waals surface area contributed by atoms with Crippen LogP contribution in [0.3, 0.4) is 0 Å². The van der Waals surface area contributed by atoms with Crippen LogP contribution in [0.25, 0.3) is 10.9 Å². The van der Waals surface area contributed by atoms with E-state index in [4.69, 9.17) is 4.42 Å². The first kappa shape index (κ1) is 18.5. The van der Waals surface area contributed by atoms with Gasteiger partial charge in [0.2, 0.25) is 0 Å². The predicted octanol–water partition coefficient (Wildman–Crippen LogP) is 5.50. The molecule has 3 rings (SSSR count). The van der Waals surface area contributed by atoms with Crippen LogP contribution in [0.2, 0.25) is 0 Å². The fraction of sp³-hybridized carbons (Fsp3) is 0.235. The molecule has 25 heavy (non-hydrogen) atoms. The minimum Gasteiger partial charge on any atom is -0.447 e. The van der Waals surface area contributed by atoms with Crippen LogP contribution in [0.5, 0.6) is 0 Å². The zero-order chi connectivity index (χ0) is 18.0. The Morgan fingerprint density at radius 1 is 1.28 bits per heavy atom. The van der Waals surface area contributed by atoms with E-state index in [1.54, 1.807) is 12.1 Å². The Kier molecular flexibility index (Phi) is 5.91. The second kappa shape index (κ2) is 7.97. The molecule has 8 heteroatoms. The zero-order valence-electron chi connectivity index (χ0n) is 13.3. The molecule has 2 aromatic heterocycles. The van der Waals surface area contributed by atoms with Gasteiger partial charge in [0, 0.05) is 17.0 Å². The van der Waals surface area contributed by atoms with Crippen molar-refractivity contribution in [2.45, 2.75) is 26.2 Å². The average Bonchev–Trinajstić information content (AvgIpc) is 2.91. The minimum absolute atomic E-state index is 0.196. The Balaban J connectivity index is 2.12. The highest BCUT2D eigenvalue weighted by Crippen LogP contribution is 2.25. The first-order valence-electron chi connectivity index (χ1n) is 7.70. The number of hydrogen-bond acceptors (Lipinski definition) is 4. The molecule has 0 bridgehead atoms. The van der Waals surface area contributed by atoms with Gasteiger partial charge in [-0.1, -0.05) is 29.3 Å². The number of halogens is 3. The summed E-state index contributed by atoms with van der Waals surface area (Å²) in [5, 5.41) is 4.85. The Morgan fingerprint density at radius 2 is 2.08 bits per heavy atom. The van der Waals surface area contributed by atoms with Gasteiger partial charge in [-0.3, -0.25) is 4.79 Å². The van der Waals surface area contributed by atoms with E-state index in [-0.39, 0.29) is 5.56 Å². The molecule has 0 aliphatic carbocycles. The van der Waals surface area contributed by atoms with Gasteiger partial charge in [-0.15, -0.1) is 0 Å². The van der Waals surface area contributed by atoms with Gasteiger partial charge in [-0.05, 0) is 56.5 Å². The molecule has 0 spiro atoms. The van der Waals surface area contributed by atoms with Crippen molar-refractivity contribution in [1.29, 1.82) is 0 Å². The van der Waals surface area contributed by atoms with Gasteiger partial charge in [0.15, 0.2) is 4.67 Å². The molecule has 0 amide bonds. The highest BCUT2D eigenvalue weighted by Gasteiger charge is 2.11. The van der Waals surface area contributed by atoms with Crippen LogP contribution in [0.15, 0.2) is 52.2 Å². The summed E-state index contributed by atoms with van der Waals surface area (Å²) in [5.74, 6) is 1.17. The quantitative estimate of drug-likeness (QED) is 0.408. The number of furan rings is 1. The summed E-state index contributed by atoms with van der Waals surface area (Å²) in [5.41, 5.74) is 0.479. The van der Waals surface area contributed by atoms with Gasteiger partial charge in [-0.25, -0.2) is 4.98 Å². The van der Waals surface area contributed by atoms with Crippen LogP contribution < -0.4 is 5.56 Å². The average molecular weight is 532 g/mol. The third kappa shape index (κ3) is 4.12. The summed E-state index contributed by atoms with van der Waals surface area (Å²) in [7, 11) is 0. The van der Waals surface area contributed by atoms with Crippen LogP contribution in [0, 0.1) is 0 Å². The van der Waals surface area contributed by atoms with Crippen molar-refractivity contribution in [2.24, 2.45) is 5.10 Å². The summed E-state index contributed by atoms with van der Waals surface area (Å²) < 4.78 is 9.03. The van der Waals surface area contributed by atoms with Crippen molar-refractivity contribution in [3.05, 3.63) is 59.8 Å². The van der Waals surface area contributed by atoms with E-state index >= 15 is 0 Å². The van der Waals surface area contributed by atoms with Crippen LogP contribution in [0.1, 0.15) is 31.4 Å². The molecule has 5 nitrogen and oxygen atoms in total. The molecule has 1 aromatic carbocycles. The molecule has 0 aliphatic rings. The van der Waals surface area contributed by atoms with E-state index in [1.807, 2.05) is 12.1 Å². The van der Waals surface area contributed by atoms with Crippen LogP contribution in [0.4, 0.5) is 0 Å². The normalized spacial score (nSPS) is 11.7. The second-order valence-electron chi connectivity index (χ2n) is 5.42. The van der Waals surface area contributed by atoms with Crippen LogP contribution in [-0.2, 0) is 6.42 Å². The van der Waals surface area contributed by atoms with Crippen molar-refractivity contribution in [2.75, 3.05) is 0 Å². The van der Waals surface area contributed by atoms with Gasteiger partial charge in [0.05, 0.1) is 21.6 Å². The lowest BCUT2D eigenvalue weighted by Crippen LogP contribution is -2.22. The lowest BCUT2D eigenvalue weighted by Gasteiger charge is -2.08. The molecule has 0 aliphatic heterocycles. The SMILES string of the molecule is CCCCc1nc2ccc(Br)cc2c(=O)n1N=Cc1cc(Br)c(Br)o1. The van der Waals surface area contributed by atoms with Gasteiger partial charge >= 0.3 is 0 Å². The first-order chi connectivity index (χ1) is 12.0. The standard InChI is InChI=1S/C17H14Br3N3O2/c1-2-3-4-15-22-14-6-5-10(18)7-12(14)17(24)23(15)21-9-11-8-13(19)16(20)25-11/h5-9H,2-4H2,1H3. The van der Waals surface area contributed by atoms with Gasteiger partial charge < -0.3 is 4.42 Å². The predicted molar refractivity (Wildman–Crippen MR) is 109 cm³/mol. The molecule has 3 aromatic rings. The maximum atomic E-state index is 12.9. The van der Waals surface area contributed by atoms with E-state index in [2.05, 4.69) is 64.8 Å². The van der Waals surface area contributed by atoms with E-state index in [0.29, 0.717) is 33.6 Å². The van der Waals surface area contributed by atoms with Gasteiger partial charge in [-0.2, -0.15) is 9.78 Å². The number of benzene rings is 1. The topological polar surface area (TPSA) is 60.4 Å². The molecule has 0 N–H and O–H groups in total. The lowest BCUT2D eigenvalue weighted by atomic mass is 10.2. The van der Waals surface area contributed by atoms with Crippen molar-refractivity contribution in [1.82, 2.24) is 9.66 Å². The fourth-order valence-electron chi connectivity index (χ4n) is 2.35. The summed E-state index contributed by atoms with van der Waals surface area (Å²) >= 11 is 10.0. The molecule has 0 saturated heterocycles. The molecule has 0 radical (unpaired) electrons. The smallest absolute Gasteiger partial charge is 0.282 e. The largest absolute Gasteiger partial charge is 0.447 e. The Hall–Kier alpha value is -1.25. The molecule has 2 heterocycles.